The molecule has 0 fully saturated rings. The molecule has 0 aliphatic rings. The van der Waals surface area contributed by atoms with E-state index in [1.807, 2.05) is 6.07 Å². The van der Waals surface area contributed by atoms with Crippen molar-refractivity contribution >= 4 is 0 Å². The molecule has 1 unspecified atom stereocenters. The number of hydrogen-bond donors (Lipinski definition) is 1. The number of ether oxygens (including phenoxy) is 1. The van der Waals surface area contributed by atoms with E-state index in [9.17, 15) is 4.39 Å². The van der Waals surface area contributed by atoms with Gasteiger partial charge in [-0.15, -0.1) is 0 Å². The van der Waals surface area contributed by atoms with Gasteiger partial charge in [-0.1, -0.05) is 19.1 Å². The molecule has 17 heavy (non-hydrogen) atoms. The molecule has 1 aromatic rings. The molecule has 1 N–H and O–H groups in total. The van der Waals surface area contributed by atoms with Crippen LogP contribution in [0.25, 0.3) is 0 Å². The quantitative estimate of drug-likeness (QED) is 0.788. The molecule has 0 bridgehead atoms. The average molecular weight is 239 g/mol. The SMILES string of the molecule is CCCNC(C)CCOc1cccc(C)c1F. The van der Waals surface area contributed by atoms with Gasteiger partial charge in [-0.05, 0) is 44.9 Å². The highest BCUT2D eigenvalue weighted by Crippen LogP contribution is 2.19. The first-order chi connectivity index (χ1) is 8.15. The molecule has 0 spiro atoms. The number of benzene rings is 1. The van der Waals surface area contributed by atoms with E-state index < -0.39 is 0 Å². The minimum atomic E-state index is -0.248. The van der Waals surface area contributed by atoms with Crippen molar-refractivity contribution in [2.45, 2.75) is 39.7 Å². The molecule has 0 saturated carbocycles. The van der Waals surface area contributed by atoms with Crippen LogP contribution in [0.5, 0.6) is 5.75 Å². The van der Waals surface area contributed by atoms with Crippen LogP contribution in [-0.4, -0.2) is 19.2 Å². The summed E-state index contributed by atoms with van der Waals surface area (Å²) in [7, 11) is 0. The molecule has 1 rings (SSSR count). The Hall–Kier alpha value is -1.09. The van der Waals surface area contributed by atoms with Crippen LogP contribution < -0.4 is 10.1 Å². The fraction of sp³-hybridized carbons (Fsp3) is 0.571. The molecule has 1 atom stereocenters. The predicted octanol–water partition coefficient (Wildman–Crippen LogP) is 3.29. The topological polar surface area (TPSA) is 21.3 Å². The van der Waals surface area contributed by atoms with Gasteiger partial charge in [0.05, 0.1) is 6.61 Å². The van der Waals surface area contributed by atoms with Gasteiger partial charge in [0, 0.05) is 6.04 Å². The van der Waals surface area contributed by atoms with E-state index >= 15 is 0 Å². The summed E-state index contributed by atoms with van der Waals surface area (Å²) in [6.45, 7) is 7.55. The predicted molar refractivity (Wildman–Crippen MR) is 69.0 cm³/mol. The van der Waals surface area contributed by atoms with Gasteiger partial charge in [0.15, 0.2) is 11.6 Å². The van der Waals surface area contributed by atoms with Crippen molar-refractivity contribution in [1.29, 1.82) is 0 Å². The zero-order valence-corrected chi connectivity index (χ0v) is 10.9. The smallest absolute Gasteiger partial charge is 0.167 e. The van der Waals surface area contributed by atoms with Gasteiger partial charge in [-0.2, -0.15) is 0 Å². The summed E-state index contributed by atoms with van der Waals surface area (Å²) in [4.78, 5) is 0. The number of rotatable bonds is 7. The van der Waals surface area contributed by atoms with Gasteiger partial charge in [-0.3, -0.25) is 0 Å². The first-order valence-corrected chi connectivity index (χ1v) is 6.26. The van der Waals surface area contributed by atoms with Crippen LogP contribution in [0, 0.1) is 12.7 Å². The Kier molecular flexibility index (Phi) is 5.98. The van der Waals surface area contributed by atoms with Crippen molar-refractivity contribution in [3.63, 3.8) is 0 Å². The molecular weight excluding hydrogens is 217 g/mol. The van der Waals surface area contributed by atoms with E-state index in [1.165, 1.54) is 0 Å². The summed E-state index contributed by atoms with van der Waals surface area (Å²) < 4.78 is 19.0. The molecule has 2 nitrogen and oxygen atoms in total. The monoisotopic (exact) mass is 239 g/mol. The van der Waals surface area contributed by atoms with Crippen molar-refractivity contribution in [2.24, 2.45) is 0 Å². The third kappa shape index (κ3) is 4.73. The van der Waals surface area contributed by atoms with Crippen LogP contribution in [0.3, 0.4) is 0 Å². The molecular formula is C14H22FNO. The molecule has 0 radical (unpaired) electrons. The van der Waals surface area contributed by atoms with Crippen LogP contribution in [0.4, 0.5) is 4.39 Å². The maximum atomic E-state index is 13.6. The van der Waals surface area contributed by atoms with Crippen LogP contribution in [-0.2, 0) is 0 Å². The highest BCUT2D eigenvalue weighted by molar-refractivity contribution is 5.29. The van der Waals surface area contributed by atoms with E-state index in [-0.39, 0.29) is 5.82 Å². The zero-order valence-electron chi connectivity index (χ0n) is 10.9. The molecule has 1 aromatic carbocycles. The lowest BCUT2D eigenvalue weighted by Crippen LogP contribution is -2.28. The van der Waals surface area contributed by atoms with Gasteiger partial charge in [0.25, 0.3) is 0 Å². The Morgan fingerprint density at radius 3 is 2.88 bits per heavy atom. The lowest BCUT2D eigenvalue weighted by atomic mass is 10.2. The normalized spacial score (nSPS) is 12.5. The van der Waals surface area contributed by atoms with E-state index in [1.54, 1.807) is 19.1 Å². The van der Waals surface area contributed by atoms with Crippen molar-refractivity contribution in [3.8, 4) is 5.75 Å². The van der Waals surface area contributed by atoms with Crippen molar-refractivity contribution in [1.82, 2.24) is 5.32 Å². The number of hydrogen-bond acceptors (Lipinski definition) is 2. The fourth-order valence-corrected chi connectivity index (χ4v) is 1.57. The zero-order chi connectivity index (χ0) is 12.7. The van der Waals surface area contributed by atoms with Crippen LogP contribution in [0.1, 0.15) is 32.3 Å². The largest absolute Gasteiger partial charge is 0.490 e. The third-order valence-electron chi connectivity index (χ3n) is 2.71. The summed E-state index contributed by atoms with van der Waals surface area (Å²) in [6, 6.07) is 5.63. The van der Waals surface area contributed by atoms with Gasteiger partial charge in [-0.25, -0.2) is 4.39 Å². The lowest BCUT2D eigenvalue weighted by molar-refractivity contribution is 0.277. The molecule has 3 heteroatoms. The first-order valence-electron chi connectivity index (χ1n) is 6.26. The molecule has 0 saturated heterocycles. The number of aryl methyl sites for hydroxylation is 1. The van der Waals surface area contributed by atoms with E-state index in [2.05, 4.69) is 19.2 Å². The number of nitrogens with one attached hydrogen (secondary N) is 1. The van der Waals surface area contributed by atoms with Crippen molar-refractivity contribution < 1.29 is 9.13 Å². The highest BCUT2D eigenvalue weighted by Gasteiger charge is 2.06. The van der Waals surface area contributed by atoms with E-state index in [0.717, 1.165) is 19.4 Å². The first kappa shape index (κ1) is 14.0. The van der Waals surface area contributed by atoms with E-state index in [0.29, 0.717) is 24.0 Å². The second-order valence-corrected chi connectivity index (χ2v) is 4.38. The Labute approximate surface area is 103 Å². The van der Waals surface area contributed by atoms with Crippen molar-refractivity contribution in [2.75, 3.05) is 13.2 Å². The summed E-state index contributed by atoms with van der Waals surface area (Å²) in [5.41, 5.74) is 0.625. The maximum Gasteiger partial charge on any atom is 0.167 e. The van der Waals surface area contributed by atoms with Gasteiger partial charge >= 0.3 is 0 Å². The third-order valence-corrected chi connectivity index (χ3v) is 2.71. The van der Waals surface area contributed by atoms with E-state index in [4.69, 9.17) is 4.74 Å². The molecule has 96 valence electrons. The van der Waals surface area contributed by atoms with Gasteiger partial charge < -0.3 is 10.1 Å². The lowest BCUT2D eigenvalue weighted by Gasteiger charge is -2.14. The summed E-state index contributed by atoms with van der Waals surface area (Å²) in [5.74, 6) is 0.106. The summed E-state index contributed by atoms with van der Waals surface area (Å²) in [6.07, 6.45) is 2.01. The van der Waals surface area contributed by atoms with Crippen molar-refractivity contribution in [3.05, 3.63) is 29.6 Å². The Bertz CT molecular complexity index is 341. The molecule has 0 aromatic heterocycles. The van der Waals surface area contributed by atoms with Crippen LogP contribution >= 0.6 is 0 Å². The minimum absolute atomic E-state index is 0.248. The Morgan fingerprint density at radius 1 is 1.41 bits per heavy atom. The molecule has 0 amide bonds. The second kappa shape index (κ2) is 7.28. The second-order valence-electron chi connectivity index (χ2n) is 4.38. The fourth-order valence-electron chi connectivity index (χ4n) is 1.57. The maximum absolute atomic E-state index is 13.6. The standard InChI is InChI=1S/C14H22FNO/c1-4-9-16-12(3)8-10-17-13-7-5-6-11(2)14(13)15/h5-7,12,16H,4,8-10H2,1-3H3. The summed E-state index contributed by atoms with van der Waals surface area (Å²) >= 11 is 0. The average Bonchev–Trinajstić information content (AvgIpc) is 2.32. The van der Waals surface area contributed by atoms with Crippen LogP contribution in [0.2, 0.25) is 0 Å². The summed E-state index contributed by atoms with van der Waals surface area (Å²) in [5, 5.41) is 3.37. The number of halogens is 1. The molecule has 0 aliphatic carbocycles. The van der Waals surface area contributed by atoms with Gasteiger partial charge in [0.2, 0.25) is 0 Å². The molecule has 0 aliphatic heterocycles. The Balaban J connectivity index is 2.33. The van der Waals surface area contributed by atoms with Gasteiger partial charge in [0.1, 0.15) is 0 Å². The van der Waals surface area contributed by atoms with Crippen LogP contribution in [0.15, 0.2) is 18.2 Å². The minimum Gasteiger partial charge on any atom is -0.490 e. The molecule has 0 heterocycles. The highest BCUT2D eigenvalue weighted by atomic mass is 19.1. The Morgan fingerprint density at radius 2 is 2.18 bits per heavy atom.